The van der Waals surface area contributed by atoms with Gasteiger partial charge in [-0.3, -0.25) is 0 Å². The van der Waals surface area contributed by atoms with E-state index in [1.165, 1.54) is 0 Å². The Morgan fingerprint density at radius 1 is 1.19 bits per heavy atom. The van der Waals surface area contributed by atoms with Crippen LogP contribution in [0.25, 0.3) is 0 Å². The van der Waals surface area contributed by atoms with Gasteiger partial charge in [-0.15, -0.1) is 0 Å². The van der Waals surface area contributed by atoms with E-state index < -0.39 is 11.9 Å². The van der Waals surface area contributed by atoms with Crippen LogP contribution in [0, 0.1) is 5.92 Å². The Balaban J connectivity index is 4.59. The average molecular weight is 228 g/mol. The molecule has 16 heavy (non-hydrogen) atoms. The molecule has 0 heterocycles. The van der Waals surface area contributed by atoms with Crippen molar-refractivity contribution in [2.75, 3.05) is 0 Å². The zero-order valence-corrected chi connectivity index (χ0v) is 9.90. The molecule has 4 nitrogen and oxygen atoms in total. The van der Waals surface area contributed by atoms with E-state index in [1.54, 1.807) is 0 Å². The number of carboxylic acids is 2. The molecule has 0 aromatic carbocycles. The first-order chi connectivity index (χ1) is 7.52. The summed E-state index contributed by atoms with van der Waals surface area (Å²) in [5.41, 5.74) is 0.0195. The number of hydrogen-bond acceptors (Lipinski definition) is 2. The second-order valence-electron chi connectivity index (χ2n) is 3.84. The smallest absolute Gasteiger partial charge is 0.332 e. The Bertz CT molecular complexity index is 268. The second kappa shape index (κ2) is 7.91. The molecule has 0 aliphatic heterocycles. The van der Waals surface area contributed by atoms with Crippen LogP contribution >= 0.6 is 0 Å². The van der Waals surface area contributed by atoms with Crippen molar-refractivity contribution >= 4 is 11.9 Å². The predicted molar refractivity (Wildman–Crippen MR) is 61.3 cm³/mol. The van der Waals surface area contributed by atoms with E-state index in [9.17, 15) is 9.59 Å². The minimum Gasteiger partial charge on any atom is -0.478 e. The third-order valence-electron chi connectivity index (χ3n) is 2.61. The summed E-state index contributed by atoms with van der Waals surface area (Å²) in [5, 5.41) is 17.6. The van der Waals surface area contributed by atoms with Crippen molar-refractivity contribution in [3.8, 4) is 0 Å². The van der Waals surface area contributed by atoms with Gasteiger partial charge in [-0.25, -0.2) is 9.59 Å². The molecule has 0 aliphatic rings. The molecule has 92 valence electrons. The number of carboxylic acid groups (broad SMARTS) is 2. The Morgan fingerprint density at radius 2 is 1.81 bits per heavy atom. The van der Waals surface area contributed by atoms with Crippen molar-refractivity contribution in [3.63, 3.8) is 0 Å². The first-order valence-corrected chi connectivity index (χ1v) is 5.70. The lowest BCUT2D eigenvalue weighted by Gasteiger charge is -2.14. The highest BCUT2D eigenvalue weighted by molar-refractivity contribution is 5.95. The third kappa shape index (κ3) is 5.53. The van der Waals surface area contributed by atoms with E-state index >= 15 is 0 Å². The summed E-state index contributed by atoms with van der Waals surface area (Å²) in [6.07, 6.45) is 5.30. The van der Waals surface area contributed by atoms with Gasteiger partial charge in [0, 0.05) is 11.6 Å². The van der Waals surface area contributed by atoms with E-state index in [0.717, 1.165) is 31.8 Å². The van der Waals surface area contributed by atoms with Crippen molar-refractivity contribution in [2.45, 2.75) is 46.0 Å². The molecule has 0 saturated carbocycles. The lowest BCUT2D eigenvalue weighted by molar-refractivity contribution is -0.135. The van der Waals surface area contributed by atoms with Gasteiger partial charge in [-0.2, -0.15) is 0 Å². The zero-order chi connectivity index (χ0) is 12.6. The standard InChI is InChI=1S/C12H20O4/c1-3-5-6-7-9(4-2)10(12(15)16)8-11(13)14/h8-9H,3-7H2,1-2H3,(H,13,14)(H,15,16)/b10-8+. The van der Waals surface area contributed by atoms with Crippen LogP contribution in [-0.4, -0.2) is 22.2 Å². The maximum absolute atomic E-state index is 10.9. The maximum Gasteiger partial charge on any atom is 0.332 e. The number of rotatable bonds is 8. The monoisotopic (exact) mass is 228 g/mol. The first kappa shape index (κ1) is 14.7. The van der Waals surface area contributed by atoms with Gasteiger partial charge in [0.05, 0.1) is 0 Å². The average Bonchev–Trinajstić information content (AvgIpc) is 2.21. The molecular weight excluding hydrogens is 208 g/mol. The van der Waals surface area contributed by atoms with Crippen LogP contribution in [0.3, 0.4) is 0 Å². The summed E-state index contributed by atoms with van der Waals surface area (Å²) in [5.74, 6) is -2.46. The molecular formula is C12H20O4. The van der Waals surface area contributed by atoms with E-state index in [-0.39, 0.29) is 11.5 Å². The summed E-state index contributed by atoms with van der Waals surface area (Å²) in [4.78, 5) is 21.5. The van der Waals surface area contributed by atoms with Crippen LogP contribution in [0.5, 0.6) is 0 Å². The van der Waals surface area contributed by atoms with E-state index in [1.807, 2.05) is 6.92 Å². The fraction of sp³-hybridized carbons (Fsp3) is 0.667. The normalized spacial score (nSPS) is 13.5. The summed E-state index contributed by atoms with van der Waals surface area (Å²) >= 11 is 0. The maximum atomic E-state index is 10.9. The van der Waals surface area contributed by atoms with Crippen molar-refractivity contribution in [3.05, 3.63) is 11.6 Å². The highest BCUT2D eigenvalue weighted by atomic mass is 16.4. The number of carbonyl (C=O) groups is 2. The van der Waals surface area contributed by atoms with Gasteiger partial charge in [0.1, 0.15) is 0 Å². The lowest BCUT2D eigenvalue weighted by atomic mass is 9.90. The Labute approximate surface area is 96.0 Å². The molecule has 0 saturated heterocycles. The van der Waals surface area contributed by atoms with Crippen molar-refractivity contribution in [1.82, 2.24) is 0 Å². The quantitative estimate of drug-likeness (QED) is 0.494. The van der Waals surface area contributed by atoms with Crippen LogP contribution in [0.2, 0.25) is 0 Å². The van der Waals surface area contributed by atoms with Gasteiger partial charge < -0.3 is 10.2 Å². The largest absolute Gasteiger partial charge is 0.478 e. The molecule has 0 aromatic heterocycles. The molecule has 2 N–H and O–H groups in total. The fourth-order valence-electron chi connectivity index (χ4n) is 1.71. The molecule has 1 unspecified atom stereocenters. The van der Waals surface area contributed by atoms with Gasteiger partial charge >= 0.3 is 11.9 Å². The van der Waals surface area contributed by atoms with Gasteiger partial charge in [-0.05, 0) is 18.8 Å². The van der Waals surface area contributed by atoms with Crippen molar-refractivity contribution in [2.24, 2.45) is 5.92 Å². The van der Waals surface area contributed by atoms with Crippen molar-refractivity contribution < 1.29 is 19.8 Å². The second-order valence-corrected chi connectivity index (χ2v) is 3.84. The van der Waals surface area contributed by atoms with Crippen molar-refractivity contribution in [1.29, 1.82) is 0 Å². The number of aliphatic carboxylic acids is 2. The van der Waals surface area contributed by atoms with Gasteiger partial charge in [0.15, 0.2) is 0 Å². The summed E-state index contributed by atoms with van der Waals surface area (Å²) in [6.45, 7) is 3.96. The molecule has 0 radical (unpaired) electrons. The highest BCUT2D eigenvalue weighted by Crippen LogP contribution is 2.22. The van der Waals surface area contributed by atoms with Gasteiger partial charge in [-0.1, -0.05) is 33.1 Å². The van der Waals surface area contributed by atoms with E-state index in [4.69, 9.17) is 10.2 Å². The minimum absolute atomic E-state index is 0.0195. The molecule has 4 heteroatoms. The number of hydrogen-bond donors (Lipinski definition) is 2. The van der Waals surface area contributed by atoms with E-state index in [0.29, 0.717) is 6.42 Å². The van der Waals surface area contributed by atoms with Crippen LogP contribution in [0.1, 0.15) is 46.0 Å². The highest BCUT2D eigenvalue weighted by Gasteiger charge is 2.19. The molecule has 0 aromatic rings. The topological polar surface area (TPSA) is 74.6 Å². The van der Waals surface area contributed by atoms with Gasteiger partial charge in [0.2, 0.25) is 0 Å². The molecule has 0 aliphatic carbocycles. The first-order valence-electron chi connectivity index (χ1n) is 5.70. The summed E-state index contributed by atoms with van der Waals surface area (Å²) in [6, 6.07) is 0. The molecule has 0 spiro atoms. The molecule has 0 amide bonds. The van der Waals surface area contributed by atoms with E-state index in [2.05, 4.69) is 6.92 Å². The molecule has 0 rings (SSSR count). The van der Waals surface area contributed by atoms with Crippen LogP contribution in [-0.2, 0) is 9.59 Å². The third-order valence-corrected chi connectivity index (χ3v) is 2.61. The SMILES string of the molecule is CCCCCC(CC)/C(=C\C(=O)O)C(=O)O. The summed E-state index contributed by atoms with van der Waals surface area (Å²) in [7, 11) is 0. The Kier molecular flexibility index (Phi) is 7.25. The minimum atomic E-state index is -1.19. The fourth-order valence-corrected chi connectivity index (χ4v) is 1.71. The number of unbranched alkanes of at least 4 members (excludes halogenated alkanes) is 2. The summed E-state index contributed by atoms with van der Waals surface area (Å²) < 4.78 is 0. The molecule has 0 fully saturated rings. The lowest BCUT2D eigenvalue weighted by Crippen LogP contribution is -2.14. The van der Waals surface area contributed by atoms with Crippen LogP contribution < -0.4 is 0 Å². The Morgan fingerprint density at radius 3 is 2.19 bits per heavy atom. The zero-order valence-electron chi connectivity index (χ0n) is 9.90. The van der Waals surface area contributed by atoms with Crippen LogP contribution in [0.15, 0.2) is 11.6 Å². The molecule has 1 atom stereocenters. The Hall–Kier alpha value is -1.32. The van der Waals surface area contributed by atoms with Crippen LogP contribution in [0.4, 0.5) is 0 Å². The van der Waals surface area contributed by atoms with Gasteiger partial charge in [0.25, 0.3) is 0 Å². The predicted octanol–water partition coefficient (Wildman–Crippen LogP) is 2.69. The molecule has 0 bridgehead atoms.